The van der Waals surface area contributed by atoms with Gasteiger partial charge in [-0.2, -0.15) is 13.2 Å². The SMILES string of the molecule is C=Cc1cc(CC(N)C(=O)O)ccc1S(=O)(=O)C(F)(F)F. The van der Waals surface area contributed by atoms with Gasteiger partial charge in [0.05, 0.1) is 4.90 Å². The van der Waals surface area contributed by atoms with Crippen molar-refractivity contribution in [1.82, 2.24) is 0 Å². The first-order chi connectivity index (χ1) is 9.50. The maximum absolute atomic E-state index is 12.5. The van der Waals surface area contributed by atoms with Crippen LogP contribution in [0.15, 0.2) is 29.7 Å². The third kappa shape index (κ3) is 3.61. The predicted octanol–water partition coefficient (Wildman–Crippen LogP) is 1.58. The smallest absolute Gasteiger partial charge is 0.480 e. The Hall–Kier alpha value is -1.87. The molecule has 5 nitrogen and oxygen atoms in total. The fraction of sp³-hybridized carbons (Fsp3) is 0.250. The quantitative estimate of drug-likeness (QED) is 0.857. The number of carboxylic acids is 1. The lowest BCUT2D eigenvalue weighted by Crippen LogP contribution is -2.32. The van der Waals surface area contributed by atoms with Gasteiger partial charge in [-0.3, -0.25) is 4.79 Å². The van der Waals surface area contributed by atoms with Gasteiger partial charge in [0, 0.05) is 0 Å². The number of carbonyl (C=O) groups is 1. The summed E-state index contributed by atoms with van der Waals surface area (Å²) in [4.78, 5) is 9.69. The van der Waals surface area contributed by atoms with Crippen LogP contribution in [-0.4, -0.2) is 31.0 Å². The van der Waals surface area contributed by atoms with Crippen LogP contribution in [0.3, 0.4) is 0 Å². The zero-order chi connectivity index (χ0) is 16.4. The van der Waals surface area contributed by atoms with E-state index in [-0.39, 0.29) is 12.0 Å². The molecule has 1 unspecified atom stereocenters. The number of benzene rings is 1. The number of rotatable bonds is 5. The highest BCUT2D eigenvalue weighted by Crippen LogP contribution is 2.33. The third-order valence-corrected chi connectivity index (χ3v) is 4.22. The first kappa shape index (κ1) is 17.2. The highest BCUT2D eigenvalue weighted by molar-refractivity contribution is 7.92. The molecule has 0 spiro atoms. The van der Waals surface area contributed by atoms with Crippen molar-refractivity contribution in [1.29, 1.82) is 0 Å². The summed E-state index contributed by atoms with van der Waals surface area (Å²) in [5, 5.41) is 8.67. The van der Waals surface area contributed by atoms with Gasteiger partial charge >= 0.3 is 11.5 Å². The van der Waals surface area contributed by atoms with Crippen molar-refractivity contribution in [3.63, 3.8) is 0 Å². The standard InChI is InChI=1S/C12H12F3NO4S/c1-2-8-5-7(6-9(16)11(17)18)3-4-10(8)21(19,20)12(13,14)15/h2-5,9H,1,6,16H2,(H,17,18). The minimum absolute atomic E-state index is 0.150. The number of alkyl halides is 3. The predicted molar refractivity (Wildman–Crippen MR) is 69.1 cm³/mol. The molecule has 0 aliphatic rings. The Morgan fingerprint density at radius 1 is 1.43 bits per heavy atom. The van der Waals surface area contributed by atoms with E-state index in [9.17, 15) is 26.4 Å². The molecule has 0 fully saturated rings. The summed E-state index contributed by atoms with van der Waals surface area (Å²) in [6, 6.07) is 1.74. The monoisotopic (exact) mass is 323 g/mol. The van der Waals surface area contributed by atoms with Crippen LogP contribution in [-0.2, 0) is 21.1 Å². The maximum Gasteiger partial charge on any atom is 0.501 e. The molecular weight excluding hydrogens is 311 g/mol. The number of hydrogen-bond acceptors (Lipinski definition) is 4. The summed E-state index contributed by atoms with van der Waals surface area (Å²) < 4.78 is 60.4. The molecule has 9 heteroatoms. The maximum atomic E-state index is 12.5. The molecule has 1 aromatic carbocycles. The molecule has 1 aromatic rings. The molecule has 21 heavy (non-hydrogen) atoms. The van der Waals surface area contributed by atoms with Crippen molar-refractivity contribution in [2.75, 3.05) is 0 Å². The number of aliphatic carboxylic acids is 1. The van der Waals surface area contributed by atoms with Crippen molar-refractivity contribution in [3.8, 4) is 0 Å². The van der Waals surface area contributed by atoms with E-state index in [2.05, 4.69) is 6.58 Å². The van der Waals surface area contributed by atoms with E-state index in [1.54, 1.807) is 0 Å². The van der Waals surface area contributed by atoms with E-state index in [1.807, 2.05) is 0 Å². The summed E-state index contributed by atoms with van der Waals surface area (Å²) >= 11 is 0. The van der Waals surface area contributed by atoms with Crippen LogP contribution >= 0.6 is 0 Å². The summed E-state index contributed by atoms with van der Waals surface area (Å²) in [5.74, 6) is -1.28. The Balaban J connectivity index is 3.29. The van der Waals surface area contributed by atoms with Gasteiger partial charge in [0.2, 0.25) is 0 Å². The fourth-order valence-electron chi connectivity index (χ4n) is 1.60. The Kier molecular flexibility index (Phi) is 4.79. The molecule has 0 saturated carbocycles. The summed E-state index contributed by atoms with van der Waals surface area (Å²) in [7, 11) is -5.50. The van der Waals surface area contributed by atoms with E-state index >= 15 is 0 Å². The summed E-state index contributed by atoms with van der Waals surface area (Å²) in [6.45, 7) is 3.26. The van der Waals surface area contributed by atoms with E-state index in [1.165, 1.54) is 0 Å². The molecule has 1 atom stereocenters. The number of hydrogen-bond donors (Lipinski definition) is 2. The van der Waals surface area contributed by atoms with Gasteiger partial charge in [0.15, 0.2) is 0 Å². The van der Waals surface area contributed by atoms with Crippen LogP contribution in [0.25, 0.3) is 6.08 Å². The topological polar surface area (TPSA) is 97.5 Å². The Morgan fingerprint density at radius 3 is 2.43 bits per heavy atom. The van der Waals surface area contributed by atoms with Crippen molar-refractivity contribution in [2.45, 2.75) is 22.9 Å². The Labute approximate surface area is 118 Å². The second-order valence-electron chi connectivity index (χ2n) is 4.17. The molecule has 0 aliphatic carbocycles. The first-order valence-electron chi connectivity index (χ1n) is 5.56. The van der Waals surface area contributed by atoms with Crippen molar-refractivity contribution in [2.24, 2.45) is 5.73 Å². The molecule has 116 valence electrons. The minimum Gasteiger partial charge on any atom is -0.480 e. The van der Waals surface area contributed by atoms with E-state index < -0.39 is 32.3 Å². The van der Waals surface area contributed by atoms with Gasteiger partial charge in [-0.25, -0.2) is 8.42 Å². The zero-order valence-corrected chi connectivity index (χ0v) is 11.4. The number of sulfone groups is 1. The number of carboxylic acid groups (broad SMARTS) is 1. The average molecular weight is 323 g/mol. The molecule has 0 heterocycles. The normalized spacial score (nSPS) is 13.7. The van der Waals surface area contributed by atoms with Crippen LogP contribution in [0.2, 0.25) is 0 Å². The molecule has 0 amide bonds. The highest BCUT2D eigenvalue weighted by atomic mass is 32.2. The van der Waals surface area contributed by atoms with E-state index in [0.717, 1.165) is 24.3 Å². The van der Waals surface area contributed by atoms with Gasteiger partial charge in [-0.05, 0) is 23.6 Å². The van der Waals surface area contributed by atoms with Crippen LogP contribution in [0.4, 0.5) is 13.2 Å². The van der Waals surface area contributed by atoms with Gasteiger partial charge in [0.1, 0.15) is 6.04 Å². The van der Waals surface area contributed by atoms with Crippen molar-refractivity contribution in [3.05, 3.63) is 35.9 Å². The lowest BCUT2D eigenvalue weighted by atomic mass is 10.0. The van der Waals surface area contributed by atoms with Gasteiger partial charge < -0.3 is 10.8 Å². The van der Waals surface area contributed by atoms with E-state index in [4.69, 9.17) is 10.8 Å². The van der Waals surface area contributed by atoms with Crippen LogP contribution in [0.1, 0.15) is 11.1 Å². The highest BCUT2D eigenvalue weighted by Gasteiger charge is 2.47. The number of halogens is 3. The van der Waals surface area contributed by atoms with Gasteiger partial charge in [-0.1, -0.05) is 24.8 Å². The summed E-state index contributed by atoms with van der Waals surface area (Å²) in [6.07, 6.45) is 0.803. The number of nitrogens with two attached hydrogens (primary N) is 1. The lowest BCUT2D eigenvalue weighted by Gasteiger charge is -2.13. The van der Waals surface area contributed by atoms with Crippen LogP contribution in [0, 0.1) is 0 Å². The Bertz CT molecular complexity index is 668. The van der Waals surface area contributed by atoms with Crippen LogP contribution in [0.5, 0.6) is 0 Å². The molecule has 0 saturated heterocycles. The molecule has 0 aromatic heterocycles. The summed E-state index contributed by atoms with van der Waals surface area (Å²) in [5.41, 5.74) is -0.0865. The molecule has 0 aliphatic heterocycles. The Morgan fingerprint density at radius 2 is 2.00 bits per heavy atom. The molecule has 3 N–H and O–H groups in total. The van der Waals surface area contributed by atoms with E-state index in [0.29, 0.717) is 5.56 Å². The molecule has 0 bridgehead atoms. The van der Waals surface area contributed by atoms with Gasteiger partial charge in [-0.15, -0.1) is 0 Å². The van der Waals surface area contributed by atoms with Gasteiger partial charge in [0.25, 0.3) is 9.84 Å². The second-order valence-corrected chi connectivity index (χ2v) is 6.08. The average Bonchev–Trinajstić information content (AvgIpc) is 2.36. The zero-order valence-electron chi connectivity index (χ0n) is 10.6. The third-order valence-electron chi connectivity index (χ3n) is 2.66. The fourth-order valence-corrected chi connectivity index (χ4v) is 2.54. The van der Waals surface area contributed by atoms with Crippen LogP contribution < -0.4 is 5.73 Å². The first-order valence-corrected chi connectivity index (χ1v) is 7.04. The lowest BCUT2D eigenvalue weighted by molar-refractivity contribution is -0.138. The molecular formula is C12H12F3NO4S. The largest absolute Gasteiger partial charge is 0.501 e. The molecule has 1 rings (SSSR count). The molecule has 0 radical (unpaired) electrons. The van der Waals surface area contributed by atoms with Crippen molar-refractivity contribution < 1.29 is 31.5 Å². The minimum atomic E-state index is -5.50. The second kappa shape index (κ2) is 5.86. The van der Waals surface area contributed by atoms with Crippen molar-refractivity contribution >= 4 is 21.9 Å².